The number of pyridine rings is 1. The molecule has 0 radical (unpaired) electrons. The average molecular weight is 805 g/mol. The Morgan fingerprint density at radius 3 is 1.68 bits per heavy atom. The second-order valence-corrected chi connectivity index (χ2v) is 16.7. The van der Waals surface area contributed by atoms with Crippen molar-refractivity contribution in [2.24, 2.45) is 0 Å². The number of anilines is 2. The largest absolute Gasteiger partial charge is 0.332 e. The highest BCUT2D eigenvalue weighted by atomic mass is 15.2. The molecule has 4 nitrogen and oxygen atoms in total. The highest BCUT2D eigenvalue weighted by Crippen LogP contribution is 2.53. The summed E-state index contributed by atoms with van der Waals surface area (Å²) < 4.78 is 4.88. The van der Waals surface area contributed by atoms with Gasteiger partial charge in [0.05, 0.1) is 39.5 Å². The van der Waals surface area contributed by atoms with Gasteiger partial charge in [0, 0.05) is 44.4 Å². The summed E-state index contributed by atoms with van der Waals surface area (Å²) in [5, 5.41) is 4.88. The molecule has 4 heterocycles. The molecule has 4 heteroatoms. The molecular weight excluding hydrogens is 765 g/mol. The Hall–Kier alpha value is -8.21. The number of nitrogens with zero attached hydrogens (tertiary/aromatic N) is 4. The van der Waals surface area contributed by atoms with Crippen molar-refractivity contribution in [3.63, 3.8) is 0 Å². The Morgan fingerprint density at radius 1 is 0.381 bits per heavy atom. The summed E-state index contributed by atoms with van der Waals surface area (Å²) in [5.41, 5.74) is 16.1. The van der Waals surface area contributed by atoms with Crippen LogP contribution in [0.1, 0.15) is 11.5 Å². The summed E-state index contributed by atoms with van der Waals surface area (Å²) in [6.45, 7) is 0. The maximum atomic E-state index is 5.65. The monoisotopic (exact) mass is 804 g/mol. The normalized spacial score (nSPS) is 15.5. The molecule has 0 bridgehead atoms. The van der Waals surface area contributed by atoms with E-state index in [2.05, 4.69) is 245 Å². The number of allylic oxidation sites excluding steroid dienone is 2. The zero-order valence-corrected chi connectivity index (χ0v) is 34.4. The highest BCUT2D eigenvalue weighted by molar-refractivity contribution is 6.16. The standard InChI is InChI=1S/C59H40N4/c1-4-16-39(17-5-1)41-28-30-42(31-29-41)52-36-43(40-18-6-2-7-19-40)37-57(60-52)63-56-35-32-45(61-53-25-13-10-22-46(53)47-23-11-14-26-54(47)61)38-51(56)50-34-33-49-48-24-12-15-27-55(48)62(58(49)59(50)63)44-20-8-3-9-21-44/h1-38,48,55H. The molecular formula is C59H40N4. The van der Waals surface area contributed by atoms with E-state index in [1.54, 1.807) is 0 Å². The Balaban J connectivity index is 1.12. The fraction of sp³-hybridized carbons (Fsp3) is 0.0339. The van der Waals surface area contributed by atoms with Crippen LogP contribution in [-0.2, 0) is 0 Å². The van der Waals surface area contributed by atoms with Crippen LogP contribution in [0.5, 0.6) is 0 Å². The second-order valence-electron chi connectivity index (χ2n) is 16.7. The van der Waals surface area contributed by atoms with E-state index in [1.165, 1.54) is 60.6 Å². The van der Waals surface area contributed by atoms with E-state index < -0.39 is 0 Å². The van der Waals surface area contributed by atoms with Crippen LogP contribution in [0.3, 0.4) is 0 Å². The van der Waals surface area contributed by atoms with E-state index in [9.17, 15) is 0 Å². The Labute approximate surface area is 365 Å². The van der Waals surface area contributed by atoms with Crippen LogP contribution in [0.2, 0.25) is 0 Å². The van der Waals surface area contributed by atoms with Gasteiger partial charge in [0.1, 0.15) is 5.82 Å². The van der Waals surface area contributed by atoms with Crippen molar-refractivity contribution in [2.75, 3.05) is 4.90 Å². The lowest BCUT2D eigenvalue weighted by Crippen LogP contribution is -2.28. The zero-order chi connectivity index (χ0) is 41.4. The molecule has 0 spiro atoms. The van der Waals surface area contributed by atoms with E-state index in [1.807, 2.05) is 0 Å². The van der Waals surface area contributed by atoms with Crippen LogP contribution < -0.4 is 4.90 Å². The minimum Gasteiger partial charge on any atom is -0.332 e. The van der Waals surface area contributed by atoms with Crippen molar-refractivity contribution in [2.45, 2.75) is 12.0 Å². The van der Waals surface area contributed by atoms with Crippen molar-refractivity contribution in [1.82, 2.24) is 14.1 Å². The third kappa shape index (κ3) is 5.58. The first-order chi connectivity index (χ1) is 31.3. The lowest BCUT2D eigenvalue weighted by molar-refractivity contribution is 0.745. The number of para-hydroxylation sites is 3. The summed E-state index contributed by atoms with van der Waals surface area (Å²) in [6.07, 6.45) is 9.14. The molecule has 2 atom stereocenters. The Morgan fingerprint density at radius 2 is 0.968 bits per heavy atom. The van der Waals surface area contributed by atoms with Crippen LogP contribution in [-0.4, -0.2) is 20.2 Å². The summed E-state index contributed by atoms with van der Waals surface area (Å²) in [7, 11) is 0. The molecule has 0 N–H and O–H groups in total. The summed E-state index contributed by atoms with van der Waals surface area (Å²) in [6, 6.07) is 75.0. The van der Waals surface area contributed by atoms with Crippen molar-refractivity contribution >= 4 is 55.0 Å². The first-order valence-electron chi connectivity index (χ1n) is 21.8. The Bertz CT molecular complexity index is 3560. The fourth-order valence-corrected chi connectivity index (χ4v) is 10.4. The van der Waals surface area contributed by atoms with Gasteiger partial charge >= 0.3 is 0 Å². The summed E-state index contributed by atoms with van der Waals surface area (Å²) in [5.74, 6) is 1.09. The maximum absolute atomic E-state index is 5.65. The van der Waals surface area contributed by atoms with E-state index in [0.717, 1.165) is 44.9 Å². The summed E-state index contributed by atoms with van der Waals surface area (Å²) in [4.78, 5) is 8.22. The van der Waals surface area contributed by atoms with Gasteiger partial charge < -0.3 is 9.47 Å². The molecule has 8 aromatic carbocycles. The number of hydrogen-bond acceptors (Lipinski definition) is 2. The van der Waals surface area contributed by atoms with Crippen LogP contribution in [0.25, 0.3) is 88.6 Å². The van der Waals surface area contributed by atoms with Crippen LogP contribution in [0, 0.1) is 0 Å². The molecule has 0 saturated heterocycles. The molecule has 63 heavy (non-hydrogen) atoms. The molecule has 2 aliphatic rings. The zero-order valence-electron chi connectivity index (χ0n) is 34.4. The predicted molar refractivity (Wildman–Crippen MR) is 263 cm³/mol. The van der Waals surface area contributed by atoms with Crippen molar-refractivity contribution in [1.29, 1.82) is 0 Å². The van der Waals surface area contributed by atoms with Crippen molar-refractivity contribution < 1.29 is 0 Å². The lowest BCUT2D eigenvalue weighted by atomic mass is 9.91. The number of hydrogen-bond donors (Lipinski definition) is 0. The Kier molecular flexibility index (Phi) is 8.00. The van der Waals surface area contributed by atoms with Gasteiger partial charge in [-0.1, -0.05) is 176 Å². The van der Waals surface area contributed by atoms with Crippen molar-refractivity contribution in [3.8, 4) is 45.0 Å². The van der Waals surface area contributed by atoms with E-state index in [4.69, 9.17) is 4.98 Å². The molecule has 11 aromatic rings. The SMILES string of the molecule is C1=CC2c3ccc4c5cc(-n6c7ccccc7c7ccccc76)ccc5n(-c5cc(-c6ccccc6)cc(-c6ccc(-c7ccccc7)cc6)n5)c4c3N(c3ccccc3)C2C=C1. The minimum absolute atomic E-state index is 0.139. The highest BCUT2D eigenvalue weighted by Gasteiger charge is 2.40. The quantitative estimate of drug-likeness (QED) is 0.167. The molecule has 3 aromatic heterocycles. The van der Waals surface area contributed by atoms with Gasteiger partial charge in [-0.3, -0.25) is 4.57 Å². The molecule has 2 unspecified atom stereocenters. The van der Waals surface area contributed by atoms with Crippen LogP contribution >= 0.6 is 0 Å². The molecule has 1 aliphatic carbocycles. The van der Waals surface area contributed by atoms with Gasteiger partial charge in [0.25, 0.3) is 0 Å². The maximum Gasteiger partial charge on any atom is 0.138 e. The smallest absolute Gasteiger partial charge is 0.138 e. The molecule has 0 amide bonds. The van der Waals surface area contributed by atoms with Gasteiger partial charge in [0.2, 0.25) is 0 Å². The molecule has 13 rings (SSSR count). The molecule has 0 saturated carbocycles. The number of benzene rings is 8. The molecule has 0 fully saturated rings. The minimum atomic E-state index is 0.139. The van der Waals surface area contributed by atoms with Crippen molar-refractivity contribution in [3.05, 3.63) is 236 Å². The number of fused-ring (bicyclic) bond motifs is 10. The van der Waals surface area contributed by atoms with Gasteiger partial charge in [-0.2, -0.15) is 0 Å². The van der Waals surface area contributed by atoms with Gasteiger partial charge in [-0.05, 0) is 82.4 Å². The fourth-order valence-electron chi connectivity index (χ4n) is 10.4. The number of rotatable bonds is 6. The third-order valence-corrected chi connectivity index (χ3v) is 13.2. The van der Waals surface area contributed by atoms with E-state index in [-0.39, 0.29) is 12.0 Å². The first kappa shape index (κ1) is 35.5. The van der Waals surface area contributed by atoms with Gasteiger partial charge in [-0.15, -0.1) is 0 Å². The van der Waals surface area contributed by atoms with Crippen LogP contribution in [0.15, 0.2) is 231 Å². The molecule has 1 aliphatic heterocycles. The second kappa shape index (κ2) is 14.2. The van der Waals surface area contributed by atoms with Gasteiger partial charge in [0.15, 0.2) is 0 Å². The van der Waals surface area contributed by atoms with E-state index >= 15 is 0 Å². The summed E-state index contributed by atoms with van der Waals surface area (Å²) >= 11 is 0. The predicted octanol–water partition coefficient (Wildman–Crippen LogP) is 15.0. The topological polar surface area (TPSA) is 26.0 Å². The number of aromatic nitrogens is 3. The molecule has 296 valence electrons. The third-order valence-electron chi connectivity index (χ3n) is 13.2. The lowest BCUT2D eigenvalue weighted by Gasteiger charge is -2.29. The van der Waals surface area contributed by atoms with Crippen LogP contribution in [0.4, 0.5) is 11.4 Å². The average Bonchev–Trinajstić information content (AvgIpc) is 4.00. The first-order valence-corrected chi connectivity index (χ1v) is 21.8. The van der Waals surface area contributed by atoms with Gasteiger partial charge in [-0.25, -0.2) is 4.98 Å². The van der Waals surface area contributed by atoms with E-state index in [0.29, 0.717) is 0 Å².